The van der Waals surface area contributed by atoms with Gasteiger partial charge < -0.3 is 4.84 Å². The molecule has 0 aromatic heterocycles. The number of nitrogens with one attached hydrogen (secondary N) is 1. The molecule has 0 saturated heterocycles. The van der Waals surface area contributed by atoms with Gasteiger partial charge in [-0.2, -0.15) is 0 Å². The predicted octanol–water partition coefficient (Wildman–Crippen LogP) is 0.102. The van der Waals surface area contributed by atoms with E-state index in [4.69, 9.17) is 0 Å². The highest BCUT2D eigenvalue weighted by atomic mass is 16.7. The molecule has 0 saturated carbocycles. The number of hydroxylamine groups is 1. The van der Waals surface area contributed by atoms with Gasteiger partial charge in [-0.1, -0.05) is 6.92 Å². The van der Waals surface area contributed by atoms with Crippen molar-refractivity contribution in [3.63, 3.8) is 0 Å². The van der Waals surface area contributed by atoms with Gasteiger partial charge in [0.15, 0.2) is 0 Å². The molecule has 0 rings (SSSR count). The van der Waals surface area contributed by atoms with Gasteiger partial charge in [0.25, 0.3) is 0 Å². The minimum atomic E-state index is 0.320. The van der Waals surface area contributed by atoms with Gasteiger partial charge >= 0.3 is 6.47 Å². The van der Waals surface area contributed by atoms with Crippen LogP contribution in [0, 0.1) is 0 Å². The van der Waals surface area contributed by atoms with Crippen molar-refractivity contribution in [1.29, 1.82) is 0 Å². The zero-order valence-corrected chi connectivity index (χ0v) is 5.55. The Morgan fingerprint density at radius 2 is 2.56 bits per heavy atom. The molecular formula is C5H10N2O2. The fraction of sp³-hybridized carbons (Fsp3) is 0.600. The number of carbonyl (C=O) groups is 1. The lowest BCUT2D eigenvalue weighted by molar-refractivity contribution is -0.132. The molecule has 0 radical (unpaired) electrons. The highest BCUT2D eigenvalue weighted by Crippen LogP contribution is 1.77. The summed E-state index contributed by atoms with van der Waals surface area (Å²) in [6, 6.07) is 0. The van der Waals surface area contributed by atoms with Gasteiger partial charge in [-0.15, -0.1) is 0 Å². The van der Waals surface area contributed by atoms with Crippen LogP contribution in [0.4, 0.5) is 0 Å². The molecule has 1 N–H and O–H groups in total. The summed E-state index contributed by atoms with van der Waals surface area (Å²) in [4.78, 5) is 17.6. The summed E-state index contributed by atoms with van der Waals surface area (Å²) >= 11 is 0. The molecule has 0 aliphatic heterocycles. The molecule has 4 nitrogen and oxygen atoms in total. The maximum absolute atomic E-state index is 9.60. The summed E-state index contributed by atoms with van der Waals surface area (Å²) in [6.07, 6.45) is 0.727. The van der Waals surface area contributed by atoms with Gasteiger partial charge in [0.05, 0.1) is 0 Å². The Balaban J connectivity index is 3.44. The van der Waals surface area contributed by atoms with Crippen molar-refractivity contribution in [3.05, 3.63) is 0 Å². The largest absolute Gasteiger partial charge is 0.346 e. The van der Waals surface area contributed by atoms with Gasteiger partial charge in [-0.25, -0.2) is 5.48 Å². The van der Waals surface area contributed by atoms with Gasteiger partial charge in [0, 0.05) is 13.5 Å². The normalized spacial score (nSPS) is 10.7. The number of aliphatic imine (C=N–C) groups is 1. The van der Waals surface area contributed by atoms with Crippen molar-refractivity contribution in [2.75, 3.05) is 7.05 Å². The van der Waals surface area contributed by atoms with Crippen LogP contribution in [0.15, 0.2) is 4.99 Å². The lowest BCUT2D eigenvalue weighted by Crippen LogP contribution is -2.21. The van der Waals surface area contributed by atoms with Crippen molar-refractivity contribution < 1.29 is 9.63 Å². The fourth-order valence-corrected chi connectivity index (χ4v) is 0.368. The Labute approximate surface area is 53.9 Å². The van der Waals surface area contributed by atoms with Crippen molar-refractivity contribution in [1.82, 2.24) is 5.48 Å². The lowest BCUT2D eigenvalue weighted by Gasteiger charge is -2.00. The third-order valence-corrected chi connectivity index (χ3v) is 0.830. The predicted molar refractivity (Wildman–Crippen MR) is 33.9 cm³/mol. The third kappa shape index (κ3) is 3.52. The Morgan fingerprint density at radius 1 is 1.89 bits per heavy atom. The minimum Gasteiger partial charge on any atom is -0.346 e. The smallest absolute Gasteiger partial charge is 0.320 e. The number of carbonyl (C=O) groups excluding carboxylic acids is 1. The van der Waals surface area contributed by atoms with E-state index in [1.165, 1.54) is 0 Å². The standard InChI is InChI=1S/C5H10N2O2/c1-3-5(6-2)7-9-4-8/h4H,3H2,1-2H3,(H,6,7). The molecule has 4 heteroatoms. The first-order chi connectivity index (χ1) is 4.35. The number of hydrogen-bond donors (Lipinski definition) is 1. The fourth-order valence-electron chi connectivity index (χ4n) is 0.368. The van der Waals surface area contributed by atoms with Crippen LogP contribution in [-0.2, 0) is 9.63 Å². The van der Waals surface area contributed by atoms with Crippen molar-refractivity contribution in [3.8, 4) is 0 Å². The molecule has 0 fully saturated rings. The monoisotopic (exact) mass is 130 g/mol. The first-order valence-electron chi connectivity index (χ1n) is 2.66. The van der Waals surface area contributed by atoms with E-state index < -0.39 is 0 Å². The zero-order chi connectivity index (χ0) is 7.11. The summed E-state index contributed by atoms with van der Waals surface area (Å²) in [6.45, 7) is 2.23. The van der Waals surface area contributed by atoms with E-state index in [1.807, 2.05) is 6.92 Å². The molecule has 0 atom stereocenters. The molecule has 0 aliphatic carbocycles. The van der Waals surface area contributed by atoms with Crippen molar-refractivity contribution in [2.24, 2.45) is 4.99 Å². The second-order valence-corrected chi connectivity index (χ2v) is 1.34. The molecule has 0 aromatic rings. The van der Waals surface area contributed by atoms with Crippen LogP contribution in [0.1, 0.15) is 13.3 Å². The number of hydrogen-bond acceptors (Lipinski definition) is 3. The second kappa shape index (κ2) is 5.08. The zero-order valence-electron chi connectivity index (χ0n) is 5.55. The summed E-state index contributed by atoms with van der Waals surface area (Å²) in [5.41, 5.74) is 2.35. The Kier molecular flexibility index (Phi) is 4.49. The molecule has 0 bridgehead atoms. The Bertz CT molecular complexity index is 112. The SMILES string of the molecule is CCC(=NC)NOC=O. The molecule has 9 heavy (non-hydrogen) atoms. The molecule has 0 amide bonds. The molecule has 0 aliphatic rings. The Hall–Kier alpha value is -1.06. The van der Waals surface area contributed by atoms with Gasteiger partial charge in [0.1, 0.15) is 5.84 Å². The Morgan fingerprint density at radius 3 is 2.89 bits per heavy atom. The van der Waals surface area contributed by atoms with Crippen LogP contribution in [0.25, 0.3) is 0 Å². The maximum atomic E-state index is 9.60. The first kappa shape index (κ1) is 7.94. The third-order valence-electron chi connectivity index (χ3n) is 0.830. The van der Waals surface area contributed by atoms with Crippen LogP contribution in [-0.4, -0.2) is 19.4 Å². The van der Waals surface area contributed by atoms with Crippen LogP contribution >= 0.6 is 0 Å². The number of rotatable bonds is 3. The van der Waals surface area contributed by atoms with Crippen LogP contribution < -0.4 is 5.48 Å². The van der Waals surface area contributed by atoms with E-state index in [0.717, 1.165) is 6.42 Å². The summed E-state index contributed by atoms with van der Waals surface area (Å²) in [7, 11) is 1.62. The average molecular weight is 130 g/mol. The van der Waals surface area contributed by atoms with E-state index in [0.29, 0.717) is 12.3 Å². The van der Waals surface area contributed by atoms with E-state index in [-0.39, 0.29) is 0 Å². The molecule has 0 aromatic carbocycles. The topological polar surface area (TPSA) is 50.7 Å². The van der Waals surface area contributed by atoms with Crippen molar-refractivity contribution in [2.45, 2.75) is 13.3 Å². The van der Waals surface area contributed by atoms with E-state index in [1.54, 1.807) is 7.05 Å². The van der Waals surface area contributed by atoms with Gasteiger partial charge in [0.2, 0.25) is 0 Å². The van der Waals surface area contributed by atoms with Crippen LogP contribution in [0.3, 0.4) is 0 Å². The molecular weight excluding hydrogens is 120 g/mol. The second-order valence-electron chi connectivity index (χ2n) is 1.34. The van der Waals surface area contributed by atoms with E-state index in [9.17, 15) is 4.79 Å². The lowest BCUT2D eigenvalue weighted by atomic mass is 10.5. The maximum Gasteiger partial charge on any atom is 0.320 e. The molecule has 0 heterocycles. The summed E-state index contributed by atoms with van der Waals surface area (Å²) in [5.74, 6) is 0.655. The summed E-state index contributed by atoms with van der Waals surface area (Å²) < 4.78 is 0. The van der Waals surface area contributed by atoms with Gasteiger partial charge in [-0.05, 0) is 0 Å². The quantitative estimate of drug-likeness (QED) is 0.255. The van der Waals surface area contributed by atoms with E-state index >= 15 is 0 Å². The first-order valence-corrected chi connectivity index (χ1v) is 2.66. The number of nitrogens with zero attached hydrogens (tertiary/aromatic N) is 1. The van der Waals surface area contributed by atoms with E-state index in [2.05, 4.69) is 15.3 Å². The molecule has 52 valence electrons. The molecule has 0 spiro atoms. The highest BCUT2D eigenvalue weighted by molar-refractivity contribution is 5.81. The average Bonchev–Trinajstić information content (AvgIpc) is 1.91. The number of amidine groups is 1. The molecule has 0 unspecified atom stereocenters. The summed E-state index contributed by atoms with van der Waals surface area (Å²) in [5, 5.41) is 0. The highest BCUT2D eigenvalue weighted by Gasteiger charge is 1.89. The minimum absolute atomic E-state index is 0.320. The van der Waals surface area contributed by atoms with Crippen molar-refractivity contribution >= 4 is 12.3 Å². The van der Waals surface area contributed by atoms with Crippen LogP contribution in [0.2, 0.25) is 0 Å². The van der Waals surface area contributed by atoms with Crippen LogP contribution in [0.5, 0.6) is 0 Å². The van der Waals surface area contributed by atoms with Gasteiger partial charge in [-0.3, -0.25) is 9.79 Å².